The summed E-state index contributed by atoms with van der Waals surface area (Å²) in [7, 11) is 0. The van der Waals surface area contributed by atoms with Crippen LogP contribution in [0.4, 0.5) is 5.69 Å². The lowest BCUT2D eigenvalue weighted by molar-refractivity contribution is 0.0867. The van der Waals surface area contributed by atoms with Crippen LogP contribution in [0.15, 0.2) is 70.0 Å². The summed E-state index contributed by atoms with van der Waals surface area (Å²) in [6.07, 6.45) is 4.19. The number of carbonyl (C=O) groups excluding carboxylic acids is 2. The molecule has 1 aromatic carbocycles. The van der Waals surface area contributed by atoms with Gasteiger partial charge in [-0.3, -0.25) is 14.6 Å². The molecule has 0 saturated heterocycles. The van der Waals surface area contributed by atoms with Crippen molar-refractivity contribution in [2.75, 3.05) is 4.90 Å². The van der Waals surface area contributed by atoms with E-state index < -0.39 is 11.8 Å². The molecular weight excluding hydrogens is 391 g/mol. The Hall–Kier alpha value is -3.09. The summed E-state index contributed by atoms with van der Waals surface area (Å²) in [5, 5.41) is 0.983. The van der Waals surface area contributed by atoms with Gasteiger partial charge in [-0.2, -0.15) is 0 Å². The van der Waals surface area contributed by atoms with Gasteiger partial charge in [0.1, 0.15) is 0 Å². The molecule has 3 heterocycles. The first-order valence-electron chi connectivity index (χ1n) is 7.76. The molecule has 0 unspecified atom stereocenters. The molecule has 0 aliphatic rings. The molecule has 0 fully saturated rings. The van der Waals surface area contributed by atoms with Gasteiger partial charge in [-0.05, 0) is 42.5 Å². The van der Waals surface area contributed by atoms with Crippen molar-refractivity contribution in [2.24, 2.45) is 0 Å². The second-order valence-corrected chi connectivity index (χ2v) is 6.30. The first-order valence-corrected chi connectivity index (χ1v) is 8.52. The van der Waals surface area contributed by atoms with Gasteiger partial charge in [-0.15, -0.1) is 0 Å². The molecule has 0 spiro atoms. The molecule has 4 rings (SSSR count). The molecular formula is C19H10Cl2N2O4. The Morgan fingerprint density at radius 3 is 2.07 bits per heavy atom. The van der Waals surface area contributed by atoms with Gasteiger partial charge < -0.3 is 8.83 Å². The first kappa shape index (κ1) is 17.3. The number of benzene rings is 1. The largest absolute Gasteiger partial charge is 0.459 e. The van der Waals surface area contributed by atoms with Crippen molar-refractivity contribution >= 4 is 51.6 Å². The maximum absolute atomic E-state index is 13.1. The van der Waals surface area contributed by atoms with Crippen LogP contribution in [0.2, 0.25) is 10.0 Å². The van der Waals surface area contributed by atoms with E-state index in [1.165, 1.54) is 36.9 Å². The lowest BCUT2D eigenvalue weighted by Gasteiger charge is -2.21. The Labute approximate surface area is 162 Å². The Morgan fingerprint density at radius 1 is 0.889 bits per heavy atom. The number of halogens is 2. The number of pyridine rings is 1. The molecule has 0 N–H and O–H groups in total. The number of nitrogens with zero attached hydrogens (tertiary/aromatic N) is 2. The van der Waals surface area contributed by atoms with Crippen molar-refractivity contribution in [3.63, 3.8) is 0 Å². The van der Waals surface area contributed by atoms with Crippen molar-refractivity contribution < 1.29 is 18.4 Å². The summed E-state index contributed by atoms with van der Waals surface area (Å²) >= 11 is 12.6. The summed E-state index contributed by atoms with van der Waals surface area (Å²) in [6, 6.07) is 10.9. The molecule has 6 nitrogen and oxygen atoms in total. The van der Waals surface area contributed by atoms with Crippen LogP contribution in [0, 0.1) is 0 Å². The number of rotatable bonds is 3. The van der Waals surface area contributed by atoms with Gasteiger partial charge in [0.2, 0.25) is 0 Å². The average molecular weight is 401 g/mol. The Morgan fingerprint density at radius 2 is 1.52 bits per heavy atom. The van der Waals surface area contributed by atoms with Crippen molar-refractivity contribution in [3.05, 3.63) is 82.8 Å². The number of hydrogen-bond acceptors (Lipinski definition) is 5. The maximum Gasteiger partial charge on any atom is 0.301 e. The van der Waals surface area contributed by atoms with Gasteiger partial charge in [-0.1, -0.05) is 23.2 Å². The third-order valence-corrected chi connectivity index (χ3v) is 4.46. The van der Waals surface area contributed by atoms with Crippen molar-refractivity contribution in [1.29, 1.82) is 0 Å². The van der Waals surface area contributed by atoms with E-state index in [4.69, 9.17) is 32.0 Å². The molecule has 0 aliphatic heterocycles. The van der Waals surface area contributed by atoms with Crippen LogP contribution >= 0.6 is 23.2 Å². The number of hydrogen-bond donors (Lipinski definition) is 0. The van der Waals surface area contributed by atoms with Crippen LogP contribution in [0.5, 0.6) is 0 Å². The van der Waals surface area contributed by atoms with E-state index in [9.17, 15) is 9.59 Å². The van der Waals surface area contributed by atoms with Gasteiger partial charge in [0.15, 0.2) is 11.5 Å². The smallest absolute Gasteiger partial charge is 0.301 e. The number of anilines is 1. The minimum Gasteiger partial charge on any atom is -0.459 e. The SMILES string of the molecule is O=C(c1ccco1)N(C(=O)c1ccco1)c1c(Cl)cc(Cl)c2cccnc12. The molecule has 0 saturated carbocycles. The zero-order chi connectivity index (χ0) is 19.0. The minimum atomic E-state index is -0.711. The monoisotopic (exact) mass is 400 g/mol. The number of imide groups is 1. The number of fused-ring (bicyclic) bond motifs is 1. The fourth-order valence-electron chi connectivity index (χ4n) is 2.69. The summed E-state index contributed by atoms with van der Waals surface area (Å²) in [5.74, 6) is -1.50. The summed E-state index contributed by atoms with van der Waals surface area (Å²) in [4.78, 5) is 31.3. The minimum absolute atomic E-state index is 0.0370. The van der Waals surface area contributed by atoms with Crippen LogP contribution in [0.1, 0.15) is 21.1 Å². The van der Waals surface area contributed by atoms with Crippen LogP contribution in [-0.4, -0.2) is 16.8 Å². The number of furan rings is 2. The quantitative estimate of drug-likeness (QED) is 0.440. The lowest BCUT2D eigenvalue weighted by Crippen LogP contribution is -2.37. The Bertz CT molecular complexity index is 1090. The Balaban J connectivity index is 1.98. The highest BCUT2D eigenvalue weighted by Gasteiger charge is 2.33. The number of carbonyl (C=O) groups is 2. The molecule has 0 atom stereocenters. The maximum atomic E-state index is 13.1. The van der Waals surface area contributed by atoms with Crippen LogP contribution in [0.3, 0.4) is 0 Å². The van der Waals surface area contributed by atoms with E-state index >= 15 is 0 Å². The summed E-state index contributed by atoms with van der Waals surface area (Å²) in [5.41, 5.74) is 0.397. The van der Waals surface area contributed by atoms with Crippen molar-refractivity contribution in [2.45, 2.75) is 0 Å². The molecule has 2 amide bonds. The molecule has 8 heteroatoms. The van der Waals surface area contributed by atoms with Crippen LogP contribution < -0.4 is 4.90 Å². The first-order chi connectivity index (χ1) is 13.1. The van der Waals surface area contributed by atoms with E-state index in [2.05, 4.69) is 4.98 Å². The zero-order valence-corrected chi connectivity index (χ0v) is 15.1. The molecule has 0 radical (unpaired) electrons. The summed E-state index contributed by atoms with van der Waals surface area (Å²) in [6.45, 7) is 0. The predicted molar refractivity (Wildman–Crippen MR) is 100 cm³/mol. The molecule has 0 bridgehead atoms. The van der Waals surface area contributed by atoms with Gasteiger partial charge in [0.25, 0.3) is 0 Å². The molecule has 0 aliphatic carbocycles. The highest BCUT2D eigenvalue weighted by Crippen LogP contribution is 2.38. The van der Waals surface area contributed by atoms with Crippen LogP contribution in [0.25, 0.3) is 10.9 Å². The van der Waals surface area contributed by atoms with E-state index in [0.717, 1.165) is 4.90 Å². The highest BCUT2D eigenvalue weighted by molar-refractivity contribution is 6.43. The van der Waals surface area contributed by atoms with E-state index in [1.807, 2.05) is 0 Å². The average Bonchev–Trinajstić information content (AvgIpc) is 3.38. The number of amides is 2. The van der Waals surface area contributed by atoms with Crippen molar-refractivity contribution in [1.82, 2.24) is 4.98 Å². The molecule has 4 aromatic rings. The molecule has 134 valence electrons. The third-order valence-electron chi connectivity index (χ3n) is 3.86. The normalized spacial score (nSPS) is 10.9. The highest BCUT2D eigenvalue weighted by atomic mass is 35.5. The summed E-state index contributed by atoms with van der Waals surface area (Å²) < 4.78 is 10.4. The van der Waals surface area contributed by atoms with E-state index in [0.29, 0.717) is 15.9 Å². The van der Waals surface area contributed by atoms with Crippen molar-refractivity contribution in [3.8, 4) is 0 Å². The van der Waals surface area contributed by atoms with Gasteiger partial charge in [0, 0.05) is 11.6 Å². The second kappa shape index (κ2) is 6.90. The molecule has 3 aromatic heterocycles. The van der Waals surface area contributed by atoms with Gasteiger partial charge in [0.05, 0.1) is 33.8 Å². The van der Waals surface area contributed by atoms with Gasteiger partial charge in [-0.25, -0.2) is 4.90 Å². The molecule has 27 heavy (non-hydrogen) atoms. The predicted octanol–water partition coefficient (Wildman–Crippen LogP) is 5.21. The van der Waals surface area contributed by atoms with E-state index in [-0.39, 0.29) is 22.2 Å². The topological polar surface area (TPSA) is 76.6 Å². The van der Waals surface area contributed by atoms with Gasteiger partial charge >= 0.3 is 11.8 Å². The standard InChI is InChI=1S/C19H10Cl2N2O4/c20-12-10-13(21)17(16-11(12)4-1-7-22-16)23(18(24)14-5-2-8-26-14)19(25)15-6-3-9-27-15/h1-10H. The zero-order valence-electron chi connectivity index (χ0n) is 13.6. The Kier molecular flexibility index (Phi) is 4.43. The van der Waals surface area contributed by atoms with Crippen LogP contribution in [-0.2, 0) is 0 Å². The lowest BCUT2D eigenvalue weighted by atomic mass is 10.1. The van der Waals surface area contributed by atoms with E-state index in [1.54, 1.807) is 24.3 Å². The second-order valence-electron chi connectivity index (χ2n) is 5.49. The third kappa shape index (κ3) is 2.99. The fraction of sp³-hybridized carbons (Fsp3) is 0. The fourth-order valence-corrected chi connectivity index (χ4v) is 3.29. The number of aromatic nitrogens is 1.